The van der Waals surface area contributed by atoms with Gasteiger partial charge in [0.05, 0.1) is 21.1 Å². The van der Waals surface area contributed by atoms with Crippen molar-refractivity contribution in [1.29, 1.82) is 0 Å². The second-order valence-electron chi connectivity index (χ2n) is 15.0. The molecule has 2 atom stereocenters. The summed E-state index contributed by atoms with van der Waals surface area (Å²) in [6, 6.07) is 0. The maximum atomic E-state index is 13.2. The molecule has 1 amide bonds. The summed E-state index contributed by atoms with van der Waals surface area (Å²) >= 11 is 0. The highest BCUT2D eigenvalue weighted by Gasteiger charge is 2.52. The molecule has 0 saturated heterocycles. The van der Waals surface area contributed by atoms with E-state index in [1.807, 2.05) is 21.1 Å². The number of ketones is 2. The molecule has 8 heteroatoms. The number of unbranched alkanes of at least 4 members (excludes halogenated alkanes) is 24. The van der Waals surface area contributed by atoms with Gasteiger partial charge in [-0.1, -0.05) is 168 Å². The summed E-state index contributed by atoms with van der Waals surface area (Å²) in [5, 5.41) is 24.9. The number of rotatable bonds is 34. The third-order valence-corrected chi connectivity index (χ3v) is 9.22. The highest BCUT2D eigenvalue weighted by Crippen LogP contribution is 2.22. The Kier molecular flexibility index (Phi) is 31.7. The maximum absolute atomic E-state index is 13.2. The number of Topliss-reactive ketones (excluding diaryl/α,β-unsaturated/α-hetero) is 2. The average molecular weight is 690 g/mol. The van der Waals surface area contributed by atoms with Crippen LogP contribution in [0.3, 0.4) is 0 Å². The van der Waals surface area contributed by atoms with Gasteiger partial charge in [-0.2, -0.15) is 0 Å². The van der Waals surface area contributed by atoms with Crippen molar-refractivity contribution in [1.82, 2.24) is 5.32 Å². The molecule has 0 saturated carbocycles. The zero-order valence-corrected chi connectivity index (χ0v) is 32.3. The van der Waals surface area contributed by atoms with Crippen LogP contribution in [0.4, 0.5) is 0 Å². The Morgan fingerprint density at radius 2 is 0.851 bits per heavy atom. The Labute approximate surface area is 296 Å². The van der Waals surface area contributed by atoms with E-state index >= 15 is 0 Å². The molecule has 0 spiro atoms. The standard InChI is InChI=1S/C39H76N2O5.ClH/c1-6-8-10-12-14-16-18-20-22-24-26-28-30-32-35(42)37(44)39(46,38(45)40-34-41(3,4)5)36(43)33-31-29-27-25-23-21-19-17-15-13-11-9-7-2;/h37,44,46H,6-34H2,1-5H3;1H. The Bertz CT molecular complexity index is 773. The number of nitrogens with one attached hydrogen (secondary N) is 1. The molecule has 0 aliphatic heterocycles. The number of nitrogens with zero attached hydrogens (tertiary/aromatic N) is 1. The van der Waals surface area contributed by atoms with Crippen molar-refractivity contribution < 1.29 is 41.5 Å². The van der Waals surface area contributed by atoms with Gasteiger partial charge in [-0.05, 0) is 12.8 Å². The van der Waals surface area contributed by atoms with Gasteiger partial charge in [0, 0.05) is 12.8 Å². The largest absolute Gasteiger partial charge is 1.00 e. The van der Waals surface area contributed by atoms with Crippen LogP contribution in [-0.4, -0.2) is 71.7 Å². The van der Waals surface area contributed by atoms with Crippen LogP contribution in [-0.2, 0) is 14.4 Å². The molecule has 0 aliphatic carbocycles. The van der Waals surface area contributed by atoms with Gasteiger partial charge < -0.3 is 32.4 Å². The first-order valence-corrected chi connectivity index (χ1v) is 19.6. The number of quaternary nitrogens is 1. The molecule has 0 aromatic heterocycles. The lowest BCUT2D eigenvalue weighted by atomic mass is 9.84. The molecule has 0 rings (SSSR count). The van der Waals surface area contributed by atoms with Gasteiger partial charge in [-0.25, -0.2) is 0 Å². The lowest BCUT2D eigenvalue weighted by molar-refractivity contribution is -0.872. The van der Waals surface area contributed by atoms with Crippen LogP contribution < -0.4 is 17.7 Å². The summed E-state index contributed by atoms with van der Waals surface area (Å²) in [7, 11) is 5.60. The summed E-state index contributed by atoms with van der Waals surface area (Å²) in [5.74, 6) is -2.38. The van der Waals surface area contributed by atoms with Crippen LogP contribution in [0.2, 0.25) is 0 Å². The fourth-order valence-electron chi connectivity index (χ4n) is 6.03. The van der Waals surface area contributed by atoms with Crippen molar-refractivity contribution >= 4 is 17.5 Å². The number of aliphatic hydroxyl groups excluding tert-OH is 1. The molecular formula is C39H77ClN2O5. The monoisotopic (exact) mass is 689 g/mol. The second kappa shape index (κ2) is 31.0. The number of hydrogen-bond donors (Lipinski definition) is 3. The molecular weight excluding hydrogens is 612 g/mol. The predicted octanol–water partition coefficient (Wildman–Crippen LogP) is 5.96. The van der Waals surface area contributed by atoms with Crippen molar-refractivity contribution in [2.24, 2.45) is 0 Å². The normalized spacial score (nSPS) is 13.5. The quantitative estimate of drug-likeness (QED) is 0.0335. The van der Waals surface area contributed by atoms with Crippen LogP contribution in [0.5, 0.6) is 0 Å². The van der Waals surface area contributed by atoms with Gasteiger partial charge in [-0.3, -0.25) is 14.4 Å². The van der Waals surface area contributed by atoms with Crippen molar-refractivity contribution in [2.75, 3.05) is 27.8 Å². The first kappa shape index (κ1) is 48.1. The van der Waals surface area contributed by atoms with Gasteiger partial charge in [0.15, 0.2) is 24.3 Å². The summed E-state index contributed by atoms with van der Waals surface area (Å²) in [4.78, 5) is 39.3. The van der Waals surface area contributed by atoms with Crippen LogP contribution in [0.15, 0.2) is 0 Å². The Hall–Kier alpha value is -1.02. The summed E-state index contributed by atoms with van der Waals surface area (Å²) in [5.41, 5.74) is -2.75. The summed E-state index contributed by atoms with van der Waals surface area (Å²) < 4.78 is 0.373. The minimum Gasteiger partial charge on any atom is -1.00 e. The van der Waals surface area contributed by atoms with Crippen LogP contribution in [0.1, 0.15) is 194 Å². The molecule has 0 bridgehead atoms. The van der Waals surface area contributed by atoms with Crippen molar-refractivity contribution in [3.05, 3.63) is 0 Å². The van der Waals surface area contributed by atoms with E-state index in [0.717, 1.165) is 38.5 Å². The molecule has 0 aliphatic rings. The first-order chi connectivity index (χ1) is 22.0. The molecule has 0 radical (unpaired) electrons. The van der Waals surface area contributed by atoms with Gasteiger partial charge in [0.1, 0.15) is 0 Å². The third kappa shape index (κ3) is 25.6. The minimum absolute atomic E-state index is 0. The highest BCUT2D eigenvalue weighted by molar-refractivity contribution is 6.13. The highest BCUT2D eigenvalue weighted by atomic mass is 35.5. The SMILES string of the molecule is CCCCCCCCCCCCCCCC(=O)C(O)C(O)(C(=O)CCCCCCCCCCCCCCC)C(=O)NC[N+](C)(C)C.[Cl-]. The van der Waals surface area contributed by atoms with E-state index in [2.05, 4.69) is 19.2 Å². The summed E-state index contributed by atoms with van der Waals surface area (Å²) in [6.45, 7) is 4.65. The second-order valence-corrected chi connectivity index (χ2v) is 15.0. The van der Waals surface area contributed by atoms with E-state index in [4.69, 9.17) is 0 Å². The lowest BCUT2D eigenvalue weighted by Crippen LogP contribution is -3.00. The molecule has 0 fully saturated rings. The molecule has 2 unspecified atom stereocenters. The van der Waals surface area contributed by atoms with Crippen LogP contribution in [0, 0.1) is 0 Å². The smallest absolute Gasteiger partial charge is 0.267 e. The third-order valence-electron chi connectivity index (χ3n) is 9.22. The zero-order valence-electron chi connectivity index (χ0n) is 31.5. The minimum atomic E-state index is -2.75. The summed E-state index contributed by atoms with van der Waals surface area (Å²) in [6.07, 6.45) is 28.4. The van der Waals surface area contributed by atoms with E-state index in [9.17, 15) is 24.6 Å². The number of hydrogen-bond acceptors (Lipinski definition) is 5. The van der Waals surface area contributed by atoms with E-state index in [-0.39, 0.29) is 31.9 Å². The van der Waals surface area contributed by atoms with Crippen molar-refractivity contribution in [2.45, 2.75) is 205 Å². The van der Waals surface area contributed by atoms with Gasteiger partial charge in [0.25, 0.3) is 5.91 Å². The Balaban J connectivity index is 0. The molecule has 47 heavy (non-hydrogen) atoms. The molecule has 280 valence electrons. The van der Waals surface area contributed by atoms with E-state index in [1.165, 1.54) is 116 Å². The number of amides is 1. The van der Waals surface area contributed by atoms with E-state index in [1.54, 1.807) is 0 Å². The molecule has 7 nitrogen and oxygen atoms in total. The van der Waals surface area contributed by atoms with Gasteiger partial charge >= 0.3 is 0 Å². The topological polar surface area (TPSA) is 104 Å². The Morgan fingerprint density at radius 1 is 0.553 bits per heavy atom. The zero-order chi connectivity index (χ0) is 34.5. The lowest BCUT2D eigenvalue weighted by Gasteiger charge is -2.31. The molecule has 0 aromatic rings. The van der Waals surface area contributed by atoms with Crippen LogP contribution in [0.25, 0.3) is 0 Å². The average Bonchev–Trinajstić information content (AvgIpc) is 3.02. The Morgan fingerprint density at radius 3 is 1.17 bits per heavy atom. The van der Waals surface area contributed by atoms with E-state index in [0.29, 0.717) is 17.3 Å². The molecule has 0 heterocycles. The number of aliphatic hydroxyl groups is 2. The van der Waals surface area contributed by atoms with Gasteiger partial charge in [0.2, 0.25) is 5.60 Å². The van der Waals surface area contributed by atoms with Crippen LogP contribution >= 0.6 is 0 Å². The number of carbonyl (C=O) groups excluding carboxylic acids is 3. The maximum Gasteiger partial charge on any atom is 0.267 e. The van der Waals surface area contributed by atoms with Crippen molar-refractivity contribution in [3.8, 4) is 0 Å². The molecule has 3 N–H and O–H groups in total. The predicted molar refractivity (Wildman–Crippen MR) is 193 cm³/mol. The van der Waals surface area contributed by atoms with Crippen molar-refractivity contribution in [3.63, 3.8) is 0 Å². The fraction of sp³-hybridized carbons (Fsp3) is 0.923. The number of halogens is 1. The number of carbonyl (C=O) groups is 3. The fourth-order valence-corrected chi connectivity index (χ4v) is 6.03. The molecule has 0 aromatic carbocycles. The first-order valence-electron chi connectivity index (χ1n) is 19.6. The van der Waals surface area contributed by atoms with E-state index < -0.39 is 29.2 Å². The van der Waals surface area contributed by atoms with Gasteiger partial charge in [-0.15, -0.1) is 0 Å².